The van der Waals surface area contributed by atoms with Gasteiger partial charge in [-0.1, -0.05) is 19.8 Å². The maximum absolute atomic E-state index is 12.1. The van der Waals surface area contributed by atoms with Crippen LogP contribution in [0.3, 0.4) is 0 Å². The van der Waals surface area contributed by atoms with E-state index in [-0.39, 0.29) is 0 Å². The molecule has 0 aromatic heterocycles. The zero-order valence-electron chi connectivity index (χ0n) is 11.8. The number of carbonyl (C=O) groups excluding carboxylic acids is 1. The molecule has 2 aliphatic rings. The van der Waals surface area contributed by atoms with Gasteiger partial charge in [-0.15, -0.1) is 0 Å². The van der Waals surface area contributed by atoms with Crippen LogP contribution in [0.5, 0.6) is 0 Å². The normalized spacial score (nSPS) is 30.3. The number of hydrogen-bond acceptors (Lipinski definition) is 2. The van der Waals surface area contributed by atoms with Crippen LogP contribution in [0.2, 0.25) is 0 Å². The SMILES string of the molecule is CCC1CCC(=O)N(CCC2CCCCN2)CC1. The molecule has 1 amide bonds. The second kappa shape index (κ2) is 7.13. The lowest BCUT2D eigenvalue weighted by atomic mass is 9.98. The van der Waals surface area contributed by atoms with Crippen LogP contribution in [0.1, 0.15) is 58.3 Å². The second-order valence-corrected chi connectivity index (χ2v) is 5.92. The molecule has 2 saturated heterocycles. The first-order chi connectivity index (χ1) is 8.79. The Morgan fingerprint density at radius 2 is 2.17 bits per heavy atom. The quantitative estimate of drug-likeness (QED) is 0.834. The lowest BCUT2D eigenvalue weighted by molar-refractivity contribution is -0.130. The topological polar surface area (TPSA) is 32.3 Å². The van der Waals surface area contributed by atoms with E-state index in [9.17, 15) is 4.79 Å². The number of carbonyl (C=O) groups is 1. The average molecular weight is 252 g/mol. The van der Waals surface area contributed by atoms with Crippen LogP contribution in [0.4, 0.5) is 0 Å². The van der Waals surface area contributed by atoms with Crippen molar-refractivity contribution in [2.45, 2.75) is 64.3 Å². The number of nitrogens with zero attached hydrogens (tertiary/aromatic N) is 1. The smallest absolute Gasteiger partial charge is 0.222 e. The summed E-state index contributed by atoms with van der Waals surface area (Å²) in [4.78, 5) is 14.2. The number of hydrogen-bond donors (Lipinski definition) is 1. The number of likely N-dealkylation sites (tertiary alicyclic amines) is 1. The first kappa shape index (κ1) is 13.9. The second-order valence-electron chi connectivity index (χ2n) is 5.92. The third-order valence-corrected chi connectivity index (χ3v) is 4.66. The van der Waals surface area contributed by atoms with Crippen molar-refractivity contribution in [2.24, 2.45) is 5.92 Å². The van der Waals surface area contributed by atoms with Crippen molar-refractivity contribution in [1.29, 1.82) is 0 Å². The maximum atomic E-state index is 12.1. The van der Waals surface area contributed by atoms with Gasteiger partial charge >= 0.3 is 0 Å². The molecule has 2 aliphatic heterocycles. The molecule has 3 nitrogen and oxygen atoms in total. The molecule has 0 aliphatic carbocycles. The minimum absolute atomic E-state index is 0.391. The highest BCUT2D eigenvalue weighted by atomic mass is 16.2. The number of rotatable bonds is 4. The van der Waals surface area contributed by atoms with E-state index in [0.717, 1.165) is 44.8 Å². The van der Waals surface area contributed by atoms with Gasteiger partial charge in [0, 0.05) is 25.6 Å². The molecule has 2 atom stereocenters. The fourth-order valence-corrected chi connectivity index (χ4v) is 3.22. The van der Waals surface area contributed by atoms with E-state index in [1.54, 1.807) is 0 Å². The minimum atomic E-state index is 0.391. The van der Waals surface area contributed by atoms with Gasteiger partial charge in [0.2, 0.25) is 5.91 Å². The fourth-order valence-electron chi connectivity index (χ4n) is 3.22. The largest absolute Gasteiger partial charge is 0.343 e. The number of amides is 1. The predicted octanol–water partition coefficient (Wildman–Crippen LogP) is 2.56. The lowest BCUT2D eigenvalue weighted by Crippen LogP contribution is -2.39. The number of piperidine rings is 1. The Morgan fingerprint density at radius 1 is 1.28 bits per heavy atom. The maximum Gasteiger partial charge on any atom is 0.222 e. The van der Waals surface area contributed by atoms with Crippen LogP contribution < -0.4 is 5.32 Å². The molecule has 0 aromatic carbocycles. The molecule has 18 heavy (non-hydrogen) atoms. The summed E-state index contributed by atoms with van der Waals surface area (Å²) in [6.07, 6.45) is 9.42. The van der Waals surface area contributed by atoms with E-state index in [1.807, 2.05) is 0 Å². The molecule has 0 aromatic rings. The number of nitrogens with one attached hydrogen (secondary N) is 1. The Hall–Kier alpha value is -0.570. The van der Waals surface area contributed by atoms with Crippen LogP contribution in [-0.4, -0.2) is 36.5 Å². The Kier molecular flexibility index (Phi) is 5.48. The molecule has 0 radical (unpaired) electrons. The summed E-state index contributed by atoms with van der Waals surface area (Å²) in [5.41, 5.74) is 0. The van der Waals surface area contributed by atoms with Crippen molar-refractivity contribution in [2.75, 3.05) is 19.6 Å². The monoisotopic (exact) mass is 252 g/mol. The molecule has 2 rings (SSSR count). The molecule has 3 heteroatoms. The average Bonchev–Trinajstić information content (AvgIpc) is 2.60. The lowest BCUT2D eigenvalue weighted by Gasteiger charge is -2.27. The fraction of sp³-hybridized carbons (Fsp3) is 0.933. The highest BCUT2D eigenvalue weighted by Crippen LogP contribution is 2.21. The van der Waals surface area contributed by atoms with E-state index < -0.39 is 0 Å². The summed E-state index contributed by atoms with van der Waals surface area (Å²) >= 11 is 0. The van der Waals surface area contributed by atoms with Gasteiger partial charge in [0.1, 0.15) is 0 Å². The molecular weight excluding hydrogens is 224 g/mol. The van der Waals surface area contributed by atoms with Gasteiger partial charge in [-0.05, 0) is 44.6 Å². The standard InChI is InChI=1S/C15H28N2O/c1-2-13-6-7-15(18)17(11-8-13)12-9-14-5-3-4-10-16-14/h13-14,16H,2-12H2,1H3. The first-order valence-electron chi connectivity index (χ1n) is 7.80. The van der Waals surface area contributed by atoms with Crippen molar-refractivity contribution in [1.82, 2.24) is 10.2 Å². The molecule has 0 spiro atoms. The molecule has 1 N–H and O–H groups in total. The molecular formula is C15H28N2O. The molecule has 0 saturated carbocycles. The summed E-state index contributed by atoms with van der Waals surface area (Å²) in [6, 6.07) is 0.650. The van der Waals surface area contributed by atoms with Gasteiger partial charge in [-0.25, -0.2) is 0 Å². The predicted molar refractivity (Wildman–Crippen MR) is 74.5 cm³/mol. The van der Waals surface area contributed by atoms with Gasteiger partial charge in [-0.2, -0.15) is 0 Å². The zero-order chi connectivity index (χ0) is 12.8. The summed E-state index contributed by atoms with van der Waals surface area (Å²) in [7, 11) is 0. The van der Waals surface area contributed by atoms with Crippen molar-refractivity contribution >= 4 is 5.91 Å². The zero-order valence-corrected chi connectivity index (χ0v) is 11.8. The Bertz CT molecular complexity index is 261. The third kappa shape index (κ3) is 3.98. The van der Waals surface area contributed by atoms with E-state index >= 15 is 0 Å². The van der Waals surface area contributed by atoms with Gasteiger partial charge in [0.25, 0.3) is 0 Å². The highest BCUT2D eigenvalue weighted by Gasteiger charge is 2.22. The molecule has 0 bridgehead atoms. The Morgan fingerprint density at radius 3 is 2.89 bits per heavy atom. The molecule has 2 heterocycles. The van der Waals surface area contributed by atoms with Gasteiger partial charge in [0.05, 0.1) is 0 Å². The van der Waals surface area contributed by atoms with Gasteiger partial charge in [-0.3, -0.25) is 4.79 Å². The van der Waals surface area contributed by atoms with Gasteiger partial charge in [0.15, 0.2) is 0 Å². The van der Waals surface area contributed by atoms with Crippen molar-refractivity contribution in [3.05, 3.63) is 0 Å². The first-order valence-corrected chi connectivity index (χ1v) is 7.80. The van der Waals surface area contributed by atoms with E-state index in [4.69, 9.17) is 0 Å². The highest BCUT2D eigenvalue weighted by molar-refractivity contribution is 5.76. The third-order valence-electron chi connectivity index (χ3n) is 4.66. The summed E-state index contributed by atoms with van der Waals surface area (Å²) < 4.78 is 0. The van der Waals surface area contributed by atoms with E-state index in [1.165, 1.54) is 32.1 Å². The van der Waals surface area contributed by atoms with Crippen molar-refractivity contribution in [3.8, 4) is 0 Å². The van der Waals surface area contributed by atoms with Crippen LogP contribution in [0, 0.1) is 5.92 Å². The van der Waals surface area contributed by atoms with Crippen molar-refractivity contribution in [3.63, 3.8) is 0 Å². The van der Waals surface area contributed by atoms with Crippen LogP contribution in [-0.2, 0) is 4.79 Å². The molecule has 104 valence electrons. The summed E-state index contributed by atoms with van der Waals surface area (Å²) in [6.45, 7) is 5.37. The van der Waals surface area contributed by atoms with Crippen LogP contribution in [0.25, 0.3) is 0 Å². The minimum Gasteiger partial charge on any atom is -0.343 e. The molecule has 2 fully saturated rings. The van der Waals surface area contributed by atoms with E-state index in [0.29, 0.717) is 11.9 Å². The van der Waals surface area contributed by atoms with Crippen molar-refractivity contribution < 1.29 is 4.79 Å². The summed E-state index contributed by atoms with van der Waals surface area (Å²) in [5.74, 6) is 1.16. The summed E-state index contributed by atoms with van der Waals surface area (Å²) in [5, 5.41) is 3.57. The van der Waals surface area contributed by atoms with Crippen LogP contribution in [0.15, 0.2) is 0 Å². The van der Waals surface area contributed by atoms with E-state index in [2.05, 4.69) is 17.1 Å². The van der Waals surface area contributed by atoms with Crippen LogP contribution >= 0.6 is 0 Å². The molecule has 2 unspecified atom stereocenters. The Balaban J connectivity index is 1.75. The van der Waals surface area contributed by atoms with Gasteiger partial charge < -0.3 is 10.2 Å². The Labute approximate surface area is 111 Å².